The van der Waals surface area contributed by atoms with Crippen LogP contribution in [0.2, 0.25) is 5.02 Å². The summed E-state index contributed by atoms with van der Waals surface area (Å²) < 4.78 is 40.1. The average Bonchev–Trinajstić information content (AvgIpc) is 3.14. The maximum atomic E-state index is 13.0. The van der Waals surface area contributed by atoms with Gasteiger partial charge in [0.25, 0.3) is 5.91 Å². The van der Waals surface area contributed by atoms with Crippen LogP contribution in [0.15, 0.2) is 30.3 Å². The monoisotopic (exact) mass is 495 g/mol. The fourth-order valence-electron chi connectivity index (χ4n) is 4.14. The summed E-state index contributed by atoms with van der Waals surface area (Å²) in [5.74, 6) is -0.112. The van der Waals surface area contributed by atoms with Crippen molar-refractivity contribution in [3.8, 4) is 0 Å². The standard InChI is InChI=1S/C24H25ClF3N3OS/c1-13-9-20-21(10-14(13)2)33-23(31-20)29-12-15-3-6-17(7-4-15)30-22(32)18-11-16(24(26,27)28)5-8-19(18)25/h5,8-11,15,17H,3-4,6-7,12H2,1-2H3,(H,29,31)(H,30,32)/t15-,17-. The Morgan fingerprint density at radius 3 is 2.52 bits per heavy atom. The van der Waals surface area contributed by atoms with Gasteiger partial charge in [-0.25, -0.2) is 4.98 Å². The number of aromatic nitrogens is 1. The van der Waals surface area contributed by atoms with Crippen molar-refractivity contribution in [3.63, 3.8) is 0 Å². The molecule has 4 nitrogen and oxygen atoms in total. The van der Waals surface area contributed by atoms with Gasteiger partial charge in [-0.3, -0.25) is 4.79 Å². The van der Waals surface area contributed by atoms with Gasteiger partial charge < -0.3 is 10.6 Å². The third kappa shape index (κ3) is 5.61. The van der Waals surface area contributed by atoms with Crippen LogP contribution in [0.25, 0.3) is 10.2 Å². The molecule has 33 heavy (non-hydrogen) atoms. The highest BCUT2D eigenvalue weighted by Gasteiger charge is 2.32. The van der Waals surface area contributed by atoms with Crippen molar-refractivity contribution >= 4 is 44.2 Å². The molecule has 2 aromatic carbocycles. The molecule has 1 saturated carbocycles. The molecule has 2 N–H and O–H groups in total. The fraction of sp³-hybridized carbons (Fsp3) is 0.417. The number of fused-ring (bicyclic) bond motifs is 1. The SMILES string of the molecule is Cc1cc2nc(NC[C@H]3CC[C@H](NC(=O)c4cc(C(F)(F)F)ccc4Cl)CC3)sc2cc1C. The third-order valence-electron chi connectivity index (χ3n) is 6.27. The van der Waals surface area contributed by atoms with Crippen LogP contribution in [0, 0.1) is 19.8 Å². The first kappa shape index (κ1) is 23.8. The second-order valence-electron chi connectivity index (χ2n) is 8.69. The predicted octanol–water partition coefficient (Wildman–Crippen LogP) is 6.99. The maximum absolute atomic E-state index is 13.0. The lowest BCUT2D eigenvalue weighted by Crippen LogP contribution is -2.38. The molecule has 0 bridgehead atoms. The van der Waals surface area contributed by atoms with Crippen LogP contribution in [-0.4, -0.2) is 23.5 Å². The molecule has 1 fully saturated rings. The molecule has 0 saturated heterocycles. The van der Waals surface area contributed by atoms with Crippen LogP contribution < -0.4 is 10.6 Å². The molecule has 0 unspecified atom stereocenters. The number of amides is 1. The van der Waals surface area contributed by atoms with Crippen molar-refractivity contribution in [3.05, 3.63) is 57.6 Å². The largest absolute Gasteiger partial charge is 0.416 e. The minimum atomic E-state index is -4.52. The zero-order chi connectivity index (χ0) is 23.8. The summed E-state index contributed by atoms with van der Waals surface area (Å²) in [6.07, 6.45) is -1.15. The van der Waals surface area contributed by atoms with E-state index < -0.39 is 17.6 Å². The van der Waals surface area contributed by atoms with Gasteiger partial charge in [0, 0.05) is 12.6 Å². The number of anilines is 1. The minimum absolute atomic E-state index is 0.0135. The number of thiazole rings is 1. The average molecular weight is 496 g/mol. The molecule has 0 radical (unpaired) electrons. The maximum Gasteiger partial charge on any atom is 0.416 e. The molecule has 4 rings (SSSR count). The second kappa shape index (κ2) is 9.50. The Hall–Kier alpha value is -2.32. The quantitative estimate of drug-likeness (QED) is 0.401. The molecule has 0 atom stereocenters. The number of hydrogen-bond donors (Lipinski definition) is 2. The van der Waals surface area contributed by atoms with Crippen LogP contribution in [0.4, 0.5) is 18.3 Å². The number of nitrogens with one attached hydrogen (secondary N) is 2. The lowest BCUT2D eigenvalue weighted by Gasteiger charge is -2.29. The topological polar surface area (TPSA) is 54.0 Å². The molecule has 0 aliphatic heterocycles. The van der Waals surface area contributed by atoms with Gasteiger partial charge in [0.15, 0.2) is 5.13 Å². The molecule has 0 spiro atoms. The lowest BCUT2D eigenvalue weighted by molar-refractivity contribution is -0.137. The summed E-state index contributed by atoms with van der Waals surface area (Å²) in [6.45, 7) is 4.98. The summed E-state index contributed by atoms with van der Waals surface area (Å²) in [6, 6.07) is 7.01. The number of carbonyl (C=O) groups is 1. The van der Waals surface area contributed by atoms with Gasteiger partial charge in [0.2, 0.25) is 0 Å². The van der Waals surface area contributed by atoms with Gasteiger partial charge in [-0.1, -0.05) is 22.9 Å². The van der Waals surface area contributed by atoms with E-state index in [0.717, 1.165) is 61.1 Å². The highest BCUT2D eigenvalue weighted by atomic mass is 35.5. The summed E-state index contributed by atoms with van der Waals surface area (Å²) in [5, 5.41) is 7.22. The molecule has 176 valence electrons. The zero-order valence-electron chi connectivity index (χ0n) is 18.4. The molecule has 9 heteroatoms. The number of rotatable bonds is 5. The van der Waals surface area contributed by atoms with Gasteiger partial charge >= 0.3 is 6.18 Å². The molecule has 1 amide bonds. The Morgan fingerprint density at radius 2 is 1.82 bits per heavy atom. The molecule has 1 aliphatic rings. The summed E-state index contributed by atoms with van der Waals surface area (Å²) >= 11 is 7.63. The van der Waals surface area contributed by atoms with Crippen LogP contribution in [-0.2, 0) is 6.18 Å². The Bertz CT molecular complexity index is 1130. The smallest absolute Gasteiger partial charge is 0.361 e. The Balaban J connectivity index is 1.29. The molecule has 1 aromatic heterocycles. The number of aryl methyl sites for hydroxylation is 2. The number of halogens is 4. The Kier molecular flexibility index (Phi) is 6.86. The normalized spacial score (nSPS) is 19.0. The third-order valence-corrected chi connectivity index (χ3v) is 7.57. The number of carbonyl (C=O) groups excluding carboxylic acids is 1. The zero-order valence-corrected chi connectivity index (χ0v) is 19.9. The molecule has 1 aliphatic carbocycles. The fourth-order valence-corrected chi connectivity index (χ4v) is 5.29. The summed E-state index contributed by atoms with van der Waals surface area (Å²) in [4.78, 5) is 17.2. The molecule has 1 heterocycles. The van der Waals surface area contributed by atoms with Gasteiger partial charge in [-0.2, -0.15) is 13.2 Å². The Morgan fingerprint density at radius 1 is 1.12 bits per heavy atom. The van der Waals surface area contributed by atoms with Crippen molar-refractivity contribution in [2.24, 2.45) is 5.92 Å². The highest BCUT2D eigenvalue weighted by Crippen LogP contribution is 2.33. The summed E-state index contributed by atoms with van der Waals surface area (Å²) in [7, 11) is 0. The predicted molar refractivity (Wildman–Crippen MR) is 127 cm³/mol. The first-order valence-electron chi connectivity index (χ1n) is 10.9. The van der Waals surface area contributed by atoms with Crippen molar-refractivity contribution in [2.75, 3.05) is 11.9 Å². The van der Waals surface area contributed by atoms with Gasteiger partial charge in [-0.15, -0.1) is 0 Å². The molecular formula is C24H25ClF3N3OS. The highest BCUT2D eigenvalue weighted by molar-refractivity contribution is 7.22. The molecular weight excluding hydrogens is 471 g/mol. The van der Waals surface area contributed by atoms with Crippen LogP contribution in [0.5, 0.6) is 0 Å². The number of nitrogens with zero attached hydrogens (tertiary/aromatic N) is 1. The van der Waals surface area contributed by atoms with E-state index in [-0.39, 0.29) is 16.6 Å². The summed E-state index contributed by atoms with van der Waals surface area (Å²) in [5.41, 5.74) is 2.46. The van der Waals surface area contributed by atoms with E-state index in [2.05, 4.69) is 41.6 Å². The first-order valence-corrected chi connectivity index (χ1v) is 12.1. The van der Waals surface area contributed by atoms with Gasteiger partial charge in [0.1, 0.15) is 0 Å². The van der Waals surface area contributed by atoms with Crippen LogP contribution in [0.3, 0.4) is 0 Å². The van der Waals surface area contributed by atoms with Crippen molar-refractivity contribution < 1.29 is 18.0 Å². The number of hydrogen-bond acceptors (Lipinski definition) is 4. The van der Waals surface area contributed by atoms with Crippen molar-refractivity contribution in [2.45, 2.75) is 51.7 Å². The van der Waals surface area contributed by atoms with Crippen molar-refractivity contribution in [1.82, 2.24) is 10.3 Å². The van der Waals surface area contributed by atoms with E-state index in [4.69, 9.17) is 11.6 Å². The van der Waals surface area contributed by atoms with E-state index in [0.29, 0.717) is 5.92 Å². The van der Waals surface area contributed by atoms with E-state index in [1.165, 1.54) is 15.8 Å². The second-order valence-corrected chi connectivity index (χ2v) is 10.1. The van der Waals surface area contributed by atoms with Crippen LogP contribution >= 0.6 is 22.9 Å². The van der Waals surface area contributed by atoms with Crippen LogP contribution in [0.1, 0.15) is 52.7 Å². The minimum Gasteiger partial charge on any atom is -0.361 e. The number of benzene rings is 2. The lowest BCUT2D eigenvalue weighted by atomic mass is 9.86. The van der Waals surface area contributed by atoms with E-state index in [1.54, 1.807) is 11.3 Å². The van der Waals surface area contributed by atoms with E-state index in [1.807, 2.05) is 0 Å². The van der Waals surface area contributed by atoms with Crippen molar-refractivity contribution in [1.29, 1.82) is 0 Å². The molecule has 3 aromatic rings. The number of alkyl halides is 3. The van der Waals surface area contributed by atoms with Gasteiger partial charge in [-0.05, 0) is 86.9 Å². The first-order chi connectivity index (χ1) is 15.6. The van der Waals surface area contributed by atoms with Gasteiger partial charge in [0.05, 0.1) is 26.4 Å². The van der Waals surface area contributed by atoms with E-state index >= 15 is 0 Å². The van der Waals surface area contributed by atoms with E-state index in [9.17, 15) is 18.0 Å². The Labute approximate surface area is 199 Å².